The predicted molar refractivity (Wildman–Crippen MR) is 62.5 cm³/mol. The van der Waals surface area contributed by atoms with Crippen LogP contribution in [0.5, 0.6) is 0 Å². The van der Waals surface area contributed by atoms with E-state index >= 15 is 0 Å². The van der Waals surface area contributed by atoms with Crippen LogP contribution in [0.15, 0.2) is 18.2 Å². The molecule has 1 aliphatic rings. The summed E-state index contributed by atoms with van der Waals surface area (Å²) in [6.07, 6.45) is 2.29. The normalized spacial score (nSPS) is 20.7. The molecule has 92 valence electrons. The van der Waals surface area contributed by atoms with E-state index in [-0.39, 0.29) is 5.56 Å². The molecule has 1 atom stereocenters. The number of hydrogen-bond donors (Lipinski definition) is 1. The molecule has 4 heteroatoms. The number of carboxylic acids is 1. The van der Waals surface area contributed by atoms with Crippen molar-refractivity contribution in [1.29, 1.82) is 0 Å². The van der Waals surface area contributed by atoms with Gasteiger partial charge in [0.1, 0.15) is 5.82 Å². The van der Waals surface area contributed by atoms with E-state index in [1.54, 1.807) is 6.07 Å². The number of halogens is 1. The van der Waals surface area contributed by atoms with Gasteiger partial charge in [-0.05, 0) is 44.0 Å². The lowest BCUT2D eigenvalue weighted by Crippen LogP contribution is -2.27. The van der Waals surface area contributed by atoms with Crippen molar-refractivity contribution in [2.24, 2.45) is 0 Å². The Labute approximate surface area is 99.9 Å². The van der Waals surface area contributed by atoms with Crippen molar-refractivity contribution in [1.82, 2.24) is 4.90 Å². The minimum atomic E-state index is -1.06. The van der Waals surface area contributed by atoms with Crippen molar-refractivity contribution in [3.63, 3.8) is 0 Å². The number of hydrogen-bond acceptors (Lipinski definition) is 2. The summed E-state index contributed by atoms with van der Waals surface area (Å²) in [6, 6.07) is 4.46. The molecule has 0 amide bonds. The molecule has 1 fully saturated rings. The van der Waals surface area contributed by atoms with Gasteiger partial charge in [-0.15, -0.1) is 0 Å². The third-order valence-corrected chi connectivity index (χ3v) is 3.37. The fourth-order valence-corrected chi connectivity index (χ4v) is 2.33. The summed E-state index contributed by atoms with van der Waals surface area (Å²) in [6.45, 7) is 3.71. The second kappa shape index (κ2) is 4.84. The largest absolute Gasteiger partial charge is 0.478 e. The number of carbonyl (C=O) groups is 1. The molecular weight excluding hydrogens is 221 g/mol. The topological polar surface area (TPSA) is 40.5 Å². The Morgan fingerprint density at radius 2 is 2.35 bits per heavy atom. The van der Waals surface area contributed by atoms with Crippen LogP contribution < -0.4 is 0 Å². The SMILES string of the molecule is CC1CCCN1Cc1ccc(F)cc1C(=O)O. The van der Waals surface area contributed by atoms with Gasteiger partial charge < -0.3 is 5.11 Å². The van der Waals surface area contributed by atoms with E-state index in [1.807, 2.05) is 0 Å². The Kier molecular flexibility index (Phi) is 3.43. The monoisotopic (exact) mass is 237 g/mol. The summed E-state index contributed by atoms with van der Waals surface area (Å²) in [5.74, 6) is -1.56. The maximum atomic E-state index is 13.0. The number of nitrogens with zero attached hydrogens (tertiary/aromatic N) is 1. The number of likely N-dealkylation sites (tertiary alicyclic amines) is 1. The van der Waals surface area contributed by atoms with Crippen molar-refractivity contribution < 1.29 is 14.3 Å². The van der Waals surface area contributed by atoms with Crippen LogP contribution in [0.1, 0.15) is 35.7 Å². The summed E-state index contributed by atoms with van der Waals surface area (Å²) in [5.41, 5.74) is 0.761. The number of aromatic carboxylic acids is 1. The average molecular weight is 237 g/mol. The third-order valence-electron chi connectivity index (χ3n) is 3.37. The highest BCUT2D eigenvalue weighted by molar-refractivity contribution is 5.89. The smallest absolute Gasteiger partial charge is 0.336 e. The fourth-order valence-electron chi connectivity index (χ4n) is 2.33. The molecule has 1 N–H and O–H groups in total. The molecular formula is C13H16FNO2. The second-order valence-electron chi connectivity index (χ2n) is 4.57. The molecule has 1 saturated heterocycles. The first kappa shape index (κ1) is 12.0. The predicted octanol–water partition coefficient (Wildman–Crippen LogP) is 2.51. The Bertz CT molecular complexity index is 433. The van der Waals surface area contributed by atoms with Gasteiger partial charge in [-0.25, -0.2) is 9.18 Å². The first-order valence-electron chi connectivity index (χ1n) is 5.83. The van der Waals surface area contributed by atoms with Gasteiger partial charge in [0.15, 0.2) is 0 Å². The Morgan fingerprint density at radius 1 is 1.59 bits per heavy atom. The minimum Gasteiger partial charge on any atom is -0.478 e. The van der Waals surface area contributed by atoms with Gasteiger partial charge in [0.25, 0.3) is 0 Å². The quantitative estimate of drug-likeness (QED) is 0.878. The molecule has 1 aromatic rings. The standard InChI is InChI=1S/C13H16FNO2/c1-9-3-2-6-15(9)8-10-4-5-11(14)7-12(10)13(16)17/h4-5,7,9H,2-3,6,8H2,1H3,(H,16,17). The molecule has 0 spiro atoms. The van der Waals surface area contributed by atoms with Crippen LogP contribution >= 0.6 is 0 Å². The second-order valence-corrected chi connectivity index (χ2v) is 4.57. The fraction of sp³-hybridized carbons (Fsp3) is 0.462. The van der Waals surface area contributed by atoms with Gasteiger partial charge in [0, 0.05) is 12.6 Å². The van der Waals surface area contributed by atoms with Crippen LogP contribution in [0.2, 0.25) is 0 Å². The van der Waals surface area contributed by atoms with Crippen LogP contribution in [0.3, 0.4) is 0 Å². The van der Waals surface area contributed by atoms with Crippen LogP contribution in [-0.4, -0.2) is 28.6 Å². The molecule has 0 radical (unpaired) electrons. The Balaban J connectivity index is 2.22. The van der Waals surface area contributed by atoms with E-state index in [0.29, 0.717) is 18.2 Å². The number of benzene rings is 1. The maximum absolute atomic E-state index is 13.0. The van der Waals surface area contributed by atoms with Gasteiger partial charge in [-0.3, -0.25) is 4.90 Å². The summed E-state index contributed by atoms with van der Waals surface area (Å²) in [4.78, 5) is 13.3. The summed E-state index contributed by atoms with van der Waals surface area (Å²) >= 11 is 0. The van der Waals surface area contributed by atoms with Crippen LogP contribution in [0.4, 0.5) is 4.39 Å². The average Bonchev–Trinajstić information content (AvgIpc) is 2.67. The highest BCUT2D eigenvalue weighted by atomic mass is 19.1. The maximum Gasteiger partial charge on any atom is 0.336 e. The van der Waals surface area contributed by atoms with Crippen molar-refractivity contribution in [3.8, 4) is 0 Å². The van der Waals surface area contributed by atoms with E-state index in [9.17, 15) is 9.18 Å². The highest BCUT2D eigenvalue weighted by Gasteiger charge is 2.22. The molecule has 3 nitrogen and oxygen atoms in total. The van der Waals surface area contributed by atoms with Crippen molar-refractivity contribution in [3.05, 3.63) is 35.1 Å². The molecule has 1 unspecified atom stereocenters. The molecule has 1 aromatic carbocycles. The summed E-state index contributed by atoms with van der Waals surface area (Å²) in [7, 11) is 0. The number of carboxylic acid groups (broad SMARTS) is 1. The summed E-state index contributed by atoms with van der Waals surface area (Å²) < 4.78 is 13.0. The summed E-state index contributed by atoms with van der Waals surface area (Å²) in [5, 5.41) is 9.04. The van der Waals surface area contributed by atoms with Gasteiger partial charge in [0.05, 0.1) is 5.56 Å². The zero-order valence-corrected chi connectivity index (χ0v) is 9.82. The minimum absolute atomic E-state index is 0.0732. The van der Waals surface area contributed by atoms with Crippen molar-refractivity contribution >= 4 is 5.97 Å². The van der Waals surface area contributed by atoms with Crippen molar-refractivity contribution in [2.75, 3.05) is 6.54 Å². The van der Waals surface area contributed by atoms with Gasteiger partial charge >= 0.3 is 5.97 Å². The van der Waals surface area contributed by atoms with Crippen molar-refractivity contribution in [2.45, 2.75) is 32.4 Å². The molecule has 17 heavy (non-hydrogen) atoms. The lowest BCUT2D eigenvalue weighted by Gasteiger charge is -2.21. The van der Waals surface area contributed by atoms with E-state index in [2.05, 4.69) is 11.8 Å². The molecule has 0 bridgehead atoms. The van der Waals surface area contributed by atoms with Gasteiger partial charge in [-0.2, -0.15) is 0 Å². The van der Waals surface area contributed by atoms with Gasteiger partial charge in [-0.1, -0.05) is 6.07 Å². The van der Waals surface area contributed by atoms with Crippen LogP contribution in [0, 0.1) is 5.82 Å². The highest BCUT2D eigenvalue weighted by Crippen LogP contribution is 2.21. The van der Waals surface area contributed by atoms with E-state index < -0.39 is 11.8 Å². The van der Waals surface area contributed by atoms with E-state index in [4.69, 9.17) is 5.11 Å². The first-order chi connectivity index (χ1) is 8.08. The Hall–Kier alpha value is -1.42. The number of rotatable bonds is 3. The van der Waals surface area contributed by atoms with E-state index in [1.165, 1.54) is 6.07 Å². The first-order valence-corrected chi connectivity index (χ1v) is 5.83. The lowest BCUT2D eigenvalue weighted by molar-refractivity contribution is 0.0693. The molecule has 0 aromatic heterocycles. The zero-order valence-electron chi connectivity index (χ0n) is 9.82. The zero-order chi connectivity index (χ0) is 12.4. The molecule has 2 rings (SSSR count). The molecule has 1 heterocycles. The molecule has 0 aliphatic carbocycles. The Morgan fingerprint density at radius 3 is 2.94 bits per heavy atom. The van der Waals surface area contributed by atoms with E-state index in [0.717, 1.165) is 25.5 Å². The molecule has 1 aliphatic heterocycles. The van der Waals surface area contributed by atoms with Crippen LogP contribution in [-0.2, 0) is 6.54 Å². The molecule has 0 saturated carbocycles. The van der Waals surface area contributed by atoms with Crippen LogP contribution in [0.25, 0.3) is 0 Å². The third kappa shape index (κ3) is 2.64. The van der Waals surface area contributed by atoms with Gasteiger partial charge in [0.2, 0.25) is 0 Å². The lowest BCUT2D eigenvalue weighted by atomic mass is 10.1.